The molecule has 3 nitrogen and oxygen atoms in total. The summed E-state index contributed by atoms with van der Waals surface area (Å²) >= 11 is 0. The molecule has 0 bridgehead atoms. The SMILES string of the molecule is CN(C)C(=O)CS(C)(O)C1Cc2ccccc2C1. The van der Waals surface area contributed by atoms with Crippen LogP contribution in [-0.4, -0.2) is 46.7 Å². The molecule has 1 aliphatic rings. The second-order valence-electron chi connectivity index (χ2n) is 5.34. The summed E-state index contributed by atoms with van der Waals surface area (Å²) in [5.74, 6) is 0.296. The Morgan fingerprint density at radius 3 is 2.28 bits per heavy atom. The summed E-state index contributed by atoms with van der Waals surface area (Å²) < 4.78 is 10.6. The van der Waals surface area contributed by atoms with Crippen molar-refractivity contribution >= 4 is 16.2 Å². The number of rotatable bonds is 3. The summed E-state index contributed by atoms with van der Waals surface area (Å²) in [7, 11) is 1.61. The van der Waals surface area contributed by atoms with Gasteiger partial charge in [0.25, 0.3) is 0 Å². The Morgan fingerprint density at radius 1 is 1.33 bits per heavy atom. The Morgan fingerprint density at radius 2 is 1.83 bits per heavy atom. The minimum absolute atomic E-state index is 0.0194. The maximum atomic E-state index is 11.8. The van der Waals surface area contributed by atoms with E-state index < -0.39 is 10.3 Å². The number of nitrogens with zero attached hydrogens (tertiary/aromatic N) is 1. The monoisotopic (exact) mass is 267 g/mol. The zero-order valence-electron chi connectivity index (χ0n) is 11.2. The highest BCUT2D eigenvalue weighted by atomic mass is 32.3. The number of fused-ring (bicyclic) bond motifs is 1. The van der Waals surface area contributed by atoms with E-state index in [2.05, 4.69) is 12.1 Å². The third kappa shape index (κ3) is 2.70. The van der Waals surface area contributed by atoms with E-state index in [-0.39, 0.29) is 16.9 Å². The van der Waals surface area contributed by atoms with Crippen LogP contribution < -0.4 is 0 Å². The Hall–Kier alpha value is -1.00. The lowest BCUT2D eigenvalue weighted by Gasteiger charge is -2.35. The van der Waals surface area contributed by atoms with Crippen LogP contribution in [0.5, 0.6) is 0 Å². The minimum atomic E-state index is -1.86. The molecule has 0 saturated heterocycles. The average molecular weight is 267 g/mol. The normalized spacial score (nSPS) is 20.0. The van der Waals surface area contributed by atoms with E-state index in [9.17, 15) is 9.35 Å². The fourth-order valence-electron chi connectivity index (χ4n) is 2.37. The molecule has 0 aliphatic heterocycles. The lowest BCUT2D eigenvalue weighted by molar-refractivity contribution is -0.126. The molecule has 0 spiro atoms. The molecular formula is C14H21NO2S. The van der Waals surface area contributed by atoms with Crippen molar-refractivity contribution in [1.82, 2.24) is 4.90 Å². The van der Waals surface area contributed by atoms with Crippen LogP contribution in [0, 0.1) is 0 Å². The van der Waals surface area contributed by atoms with Crippen LogP contribution in [0.2, 0.25) is 0 Å². The quantitative estimate of drug-likeness (QED) is 0.911. The van der Waals surface area contributed by atoms with Gasteiger partial charge in [-0.15, -0.1) is 10.3 Å². The van der Waals surface area contributed by atoms with Gasteiger partial charge in [0, 0.05) is 19.3 Å². The van der Waals surface area contributed by atoms with Crippen molar-refractivity contribution in [1.29, 1.82) is 0 Å². The zero-order chi connectivity index (χ0) is 13.3. The highest BCUT2D eigenvalue weighted by Gasteiger charge is 2.34. The van der Waals surface area contributed by atoms with Gasteiger partial charge in [0.2, 0.25) is 5.91 Å². The molecule has 4 heteroatoms. The molecule has 0 saturated carbocycles. The summed E-state index contributed by atoms with van der Waals surface area (Å²) in [6.45, 7) is 0. The summed E-state index contributed by atoms with van der Waals surface area (Å²) in [5.41, 5.74) is 2.65. The Balaban J connectivity index is 2.08. The molecule has 0 fully saturated rings. The second kappa shape index (κ2) is 4.94. The van der Waals surface area contributed by atoms with Gasteiger partial charge in [-0.25, -0.2) is 0 Å². The van der Waals surface area contributed by atoms with Crippen LogP contribution in [-0.2, 0) is 17.6 Å². The van der Waals surface area contributed by atoms with Gasteiger partial charge >= 0.3 is 0 Å². The van der Waals surface area contributed by atoms with Gasteiger partial charge in [-0.05, 0) is 30.2 Å². The Bertz CT molecular complexity index is 432. The largest absolute Gasteiger partial charge is 0.351 e. The number of carbonyl (C=O) groups is 1. The first kappa shape index (κ1) is 13.4. The molecule has 0 aromatic heterocycles. The summed E-state index contributed by atoms with van der Waals surface area (Å²) in [6, 6.07) is 8.32. The molecular weight excluding hydrogens is 246 g/mol. The maximum Gasteiger partial charge on any atom is 0.232 e. The van der Waals surface area contributed by atoms with Gasteiger partial charge in [-0.1, -0.05) is 24.3 Å². The van der Waals surface area contributed by atoms with E-state index >= 15 is 0 Å². The molecule has 1 aliphatic carbocycles. The highest BCUT2D eigenvalue weighted by molar-refractivity contribution is 8.29. The predicted octanol–water partition coefficient (Wildman–Crippen LogP) is 2.15. The molecule has 1 atom stereocenters. The summed E-state index contributed by atoms with van der Waals surface area (Å²) in [4.78, 5) is 13.3. The molecule has 1 aromatic rings. The smallest absolute Gasteiger partial charge is 0.232 e. The topological polar surface area (TPSA) is 40.5 Å². The van der Waals surface area contributed by atoms with Gasteiger partial charge < -0.3 is 9.45 Å². The van der Waals surface area contributed by atoms with E-state index in [1.165, 1.54) is 11.1 Å². The second-order valence-corrected chi connectivity index (χ2v) is 8.51. The fraction of sp³-hybridized carbons (Fsp3) is 0.500. The van der Waals surface area contributed by atoms with Crippen molar-refractivity contribution in [3.63, 3.8) is 0 Å². The molecule has 18 heavy (non-hydrogen) atoms. The van der Waals surface area contributed by atoms with Gasteiger partial charge in [0.1, 0.15) is 0 Å². The summed E-state index contributed by atoms with van der Waals surface area (Å²) in [6.07, 6.45) is 3.67. The lowest BCUT2D eigenvalue weighted by atomic mass is 10.1. The van der Waals surface area contributed by atoms with E-state index in [1.807, 2.05) is 18.4 Å². The first-order valence-corrected chi connectivity index (χ1v) is 8.37. The highest BCUT2D eigenvalue weighted by Crippen LogP contribution is 2.50. The summed E-state index contributed by atoms with van der Waals surface area (Å²) in [5, 5.41) is 0.221. The van der Waals surface area contributed by atoms with Crippen molar-refractivity contribution in [3.8, 4) is 0 Å². The number of benzene rings is 1. The van der Waals surface area contributed by atoms with Crippen molar-refractivity contribution in [2.24, 2.45) is 0 Å². The van der Waals surface area contributed by atoms with E-state index in [0.717, 1.165) is 12.8 Å². The van der Waals surface area contributed by atoms with Crippen LogP contribution >= 0.6 is 10.3 Å². The van der Waals surface area contributed by atoms with Gasteiger partial charge in [0.15, 0.2) is 0 Å². The van der Waals surface area contributed by atoms with Crippen LogP contribution in [0.3, 0.4) is 0 Å². The number of hydrogen-bond acceptors (Lipinski definition) is 2. The molecule has 1 aromatic carbocycles. The molecule has 0 heterocycles. The van der Waals surface area contributed by atoms with E-state index in [1.54, 1.807) is 19.0 Å². The van der Waals surface area contributed by atoms with Gasteiger partial charge in [-0.2, -0.15) is 0 Å². The Kier molecular flexibility index (Phi) is 3.69. The minimum Gasteiger partial charge on any atom is -0.351 e. The Labute approximate surface area is 110 Å². The van der Waals surface area contributed by atoms with Crippen molar-refractivity contribution < 1.29 is 9.35 Å². The molecule has 100 valence electrons. The standard InChI is InChI=1S/C14H21NO2S/c1-15(2)14(16)10-18(3,17)13-8-11-6-4-5-7-12(11)9-13/h4-7,13,17H,8-10H2,1-3H3. The van der Waals surface area contributed by atoms with Crippen molar-refractivity contribution in [3.05, 3.63) is 35.4 Å². The van der Waals surface area contributed by atoms with E-state index in [4.69, 9.17) is 0 Å². The van der Waals surface area contributed by atoms with Crippen molar-refractivity contribution in [2.75, 3.05) is 26.1 Å². The molecule has 2 rings (SSSR count). The number of carbonyl (C=O) groups excluding carboxylic acids is 1. The fourth-order valence-corrected chi connectivity index (χ4v) is 4.45. The average Bonchev–Trinajstić information content (AvgIpc) is 2.72. The van der Waals surface area contributed by atoms with Crippen LogP contribution in [0.1, 0.15) is 11.1 Å². The van der Waals surface area contributed by atoms with Crippen LogP contribution in [0.4, 0.5) is 0 Å². The van der Waals surface area contributed by atoms with Gasteiger partial charge in [0.05, 0.1) is 5.75 Å². The van der Waals surface area contributed by atoms with E-state index in [0.29, 0.717) is 0 Å². The molecule has 1 amide bonds. The zero-order valence-corrected chi connectivity index (χ0v) is 12.0. The molecule has 0 radical (unpaired) electrons. The van der Waals surface area contributed by atoms with Crippen LogP contribution in [0.15, 0.2) is 24.3 Å². The third-order valence-electron chi connectivity index (χ3n) is 3.65. The molecule has 1 N–H and O–H groups in total. The van der Waals surface area contributed by atoms with Crippen LogP contribution in [0.25, 0.3) is 0 Å². The maximum absolute atomic E-state index is 11.8. The molecule has 1 unspecified atom stereocenters. The third-order valence-corrected chi connectivity index (χ3v) is 6.25. The number of amides is 1. The first-order chi connectivity index (χ1) is 8.40. The number of hydrogen-bond donors (Lipinski definition) is 1. The van der Waals surface area contributed by atoms with Gasteiger partial charge in [-0.3, -0.25) is 4.79 Å². The first-order valence-electron chi connectivity index (χ1n) is 6.14. The lowest BCUT2D eigenvalue weighted by Crippen LogP contribution is -2.31. The predicted molar refractivity (Wildman–Crippen MR) is 77.3 cm³/mol. The van der Waals surface area contributed by atoms with Crippen molar-refractivity contribution in [2.45, 2.75) is 18.1 Å².